The van der Waals surface area contributed by atoms with Crippen molar-refractivity contribution in [1.29, 1.82) is 0 Å². The summed E-state index contributed by atoms with van der Waals surface area (Å²) < 4.78 is 5.25. The molecule has 0 radical (unpaired) electrons. The van der Waals surface area contributed by atoms with Gasteiger partial charge in [0.1, 0.15) is 5.60 Å². The average molecular weight is 331 g/mol. The van der Waals surface area contributed by atoms with E-state index in [1.165, 1.54) is 0 Å². The second-order valence-corrected chi connectivity index (χ2v) is 8.96. The third-order valence-corrected chi connectivity index (χ3v) is 3.48. The summed E-state index contributed by atoms with van der Waals surface area (Å²) in [5.41, 5.74) is -0.358. The molecule has 0 rings (SSSR count). The highest BCUT2D eigenvalue weighted by molar-refractivity contribution is 5.67. The predicted octanol–water partition coefficient (Wildman–Crippen LogP) is 3.17. The zero-order valence-electron chi connectivity index (χ0n) is 16.3. The second kappa shape index (κ2) is 9.48. The van der Waals surface area contributed by atoms with Crippen LogP contribution in [-0.2, 0) is 4.74 Å². The smallest absolute Gasteiger partial charge is 0.407 e. The van der Waals surface area contributed by atoms with E-state index in [9.17, 15) is 9.90 Å². The van der Waals surface area contributed by atoms with Gasteiger partial charge in [0, 0.05) is 13.1 Å². The van der Waals surface area contributed by atoms with Crippen LogP contribution in [0.1, 0.15) is 61.8 Å². The predicted molar refractivity (Wildman–Crippen MR) is 95.5 cm³/mol. The van der Waals surface area contributed by atoms with Crippen LogP contribution in [0.2, 0.25) is 0 Å². The standard InChI is InChI=1S/C18H38N2O3/c1-13(2)14(11-20-16(22)23-18(6,7)8)10-19-12-15(21)9-17(3,4)5/h13-15,19,21H,9-12H2,1-8H3,(H,20,22). The maximum absolute atomic E-state index is 11.7. The van der Waals surface area contributed by atoms with E-state index in [2.05, 4.69) is 45.3 Å². The Morgan fingerprint density at radius 3 is 2.04 bits per heavy atom. The third kappa shape index (κ3) is 13.3. The molecule has 0 saturated heterocycles. The molecule has 2 unspecified atom stereocenters. The summed E-state index contributed by atoms with van der Waals surface area (Å²) in [4.78, 5) is 11.7. The summed E-state index contributed by atoms with van der Waals surface area (Å²) in [6.07, 6.45) is 0.0419. The molecule has 0 aliphatic heterocycles. The minimum atomic E-state index is -0.479. The molecule has 23 heavy (non-hydrogen) atoms. The fourth-order valence-electron chi connectivity index (χ4n) is 2.29. The van der Waals surface area contributed by atoms with Gasteiger partial charge in [-0.05, 0) is 51.0 Å². The Labute approximate surface area is 142 Å². The number of aliphatic hydroxyl groups excluding tert-OH is 1. The number of carbonyl (C=O) groups excluding carboxylic acids is 1. The van der Waals surface area contributed by atoms with Crippen molar-refractivity contribution in [3.8, 4) is 0 Å². The van der Waals surface area contributed by atoms with E-state index in [1.807, 2.05) is 20.8 Å². The van der Waals surface area contributed by atoms with Crippen LogP contribution in [0, 0.1) is 17.3 Å². The lowest BCUT2D eigenvalue weighted by Crippen LogP contribution is -2.41. The van der Waals surface area contributed by atoms with Crippen LogP contribution in [0.4, 0.5) is 4.79 Å². The molecular weight excluding hydrogens is 292 g/mol. The Morgan fingerprint density at radius 2 is 1.61 bits per heavy atom. The summed E-state index contributed by atoms with van der Waals surface area (Å²) in [6.45, 7) is 18.1. The van der Waals surface area contributed by atoms with Gasteiger partial charge in [0.15, 0.2) is 0 Å². The van der Waals surface area contributed by atoms with Gasteiger partial charge in [0.25, 0.3) is 0 Å². The fraction of sp³-hybridized carbons (Fsp3) is 0.944. The summed E-state index contributed by atoms with van der Waals surface area (Å²) >= 11 is 0. The van der Waals surface area contributed by atoms with Gasteiger partial charge in [-0.1, -0.05) is 34.6 Å². The molecule has 0 aliphatic carbocycles. The number of amides is 1. The van der Waals surface area contributed by atoms with E-state index >= 15 is 0 Å². The highest BCUT2D eigenvalue weighted by Gasteiger charge is 2.20. The Bertz CT molecular complexity index is 343. The normalized spacial score (nSPS) is 15.4. The first-order valence-corrected chi connectivity index (χ1v) is 8.66. The summed E-state index contributed by atoms with van der Waals surface area (Å²) in [5.74, 6) is 0.724. The quantitative estimate of drug-likeness (QED) is 0.639. The van der Waals surface area contributed by atoms with Crippen LogP contribution in [0.15, 0.2) is 0 Å². The van der Waals surface area contributed by atoms with Crippen molar-refractivity contribution in [1.82, 2.24) is 10.6 Å². The lowest BCUT2D eigenvalue weighted by Gasteiger charge is -2.26. The number of rotatable bonds is 8. The van der Waals surface area contributed by atoms with Crippen LogP contribution < -0.4 is 10.6 Å². The van der Waals surface area contributed by atoms with Gasteiger partial charge in [0.2, 0.25) is 0 Å². The molecule has 5 nitrogen and oxygen atoms in total. The van der Waals surface area contributed by atoms with Crippen molar-refractivity contribution in [2.45, 2.75) is 73.5 Å². The third-order valence-electron chi connectivity index (χ3n) is 3.48. The van der Waals surface area contributed by atoms with Crippen molar-refractivity contribution in [2.24, 2.45) is 17.3 Å². The van der Waals surface area contributed by atoms with Gasteiger partial charge >= 0.3 is 6.09 Å². The minimum absolute atomic E-state index is 0.122. The Kier molecular flexibility index (Phi) is 9.14. The lowest BCUT2D eigenvalue weighted by molar-refractivity contribution is 0.0513. The van der Waals surface area contributed by atoms with E-state index in [-0.39, 0.29) is 17.6 Å². The van der Waals surface area contributed by atoms with E-state index in [4.69, 9.17) is 4.74 Å². The topological polar surface area (TPSA) is 70.6 Å². The van der Waals surface area contributed by atoms with Crippen LogP contribution in [-0.4, -0.2) is 42.5 Å². The molecule has 0 spiro atoms. The molecule has 0 aliphatic rings. The second-order valence-electron chi connectivity index (χ2n) is 8.96. The van der Waals surface area contributed by atoms with Gasteiger partial charge < -0.3 is 20.5 Å². The molecule has 0 aromatic carbocycles. The van der Waals surface area contributed by atoms with E-state index in [1.54, 1.807) is 0 Å². The van der Waals surface area contributed by atoms with E-state index in [0.29, 0.717) is 24.9 Å². The highest BCUT2D eigenvalue weighted by Crippen LogP contribution is 2.20. The molecule has 0 saturated carbocycles. The monoisotopic (exact) mass is 330 g/mol. The maximum Gasteiger partial charge on any atom is 0.407 e. The molecule has 138 valence electrons. The van der Waals surface area contributed by atoms with E-state index in [0.717, 1.165) is 13.0 Å². The first-order valence-electron chi connectivity index (χ1n) is 8.66. The van der Waals surface area contributed by atoms with Crippen molar-refractivity contribution in [2.75, 3.05) is 19.6 Å². The molecule has 5 heteroatoms. The summed E-state index contributed by atoms with van der Waals surface area (Å²) in [5, 5.41) is 16.2. The van der Waals surface area contributed by atoms with Gasteiger partial charge in [-0.2, -0.15) is 0 Å². The lowest BCUT2D eigenvalue weighted by atomic mass is 9.89. The number of hydrogen-bond donors (Lipinski definition) is 3. The Balaban J connectivity index is 4.16. The molecule has 0 aromatic heterocycles. The Hall–Kier alpha value is -0.810. The minimum Gasteiger partial charge on any atom is -0.444 e. The molecule has 3 N–H and O–H groups in total. The summed E-state index contributed by atoms with van der Waals surface area (Å²) in [7, 11) is 0. The number of carbonyl (C=O) groups is 1. The number of hydrogen-bond acceptors (Lipinski definition) is 4. The zero-order valence-corrected chi connectivity index (χ0v) is 16.3. The van der Waals surface area contributed by atoms with Crippen molar-refractivity contribution < 1.29 is 14.6 Å². The molecule has 0 aromatic rings. The molecule has 1 amide bonds. The first-order chi connectivity index (χ1) is 10.3. The van der Waals surface area contributed by atoms with Crippen LogP contribution in [0.5, 0.6) is 0 Å². The number of aliphatic hydroxyl groups is 1. The zero-order chi connectivity index (χ0) is 18.3. The largest absolute Gasteiger partial charge is 0.444 e. The van der Waals surface area contributed by atoms with Gasteiger partial charge in [-0.25, -0.2) is 4.79 Å². The molecule has 0 bridgehead atoms. The van der Waals surface area contributed by atoms with Crippen molar-refractivity contribution >= 4 is 6.09 Å². The molecule has 0 fully saturated rings. The average Bonchev–Trinajstić information content (AvgIpc) is 2.28. The van der Waals surface area contributed by atoms with Crippen LogP contribution >= 0.6 is 0 Å². The number of ether oxygens (including phenoxy) is 1. The molecule has 0 heterocycles. The van der Waals surface area contributed by atoms with Gasteiger partial charge in [0.05, 0.1) is 6.10 Å². The molecular formula is C18H38N2O3. The van der Waals surface area contributed by atoms with Crippen molar-refractivity contribution in [3.05, 3.63) is 0 Å². The van der Waals surface area contributed by atoms with E-state index < -0.39 is 5.60 Å². The molecule has 2 atom stereocenters. The number of alkyl carbamates (subject to hydrolysis) is 1. The SMILES string of the molecule is CC(C)C(CNCC(O)CC(C)(C)C)CNC(=O)OC(C)(C)C. The van der Waals surface area contributed by atoms with Crippen LogP contribution in [0.3, 0.4) is 0 Å². The maximum atomic E-state index is 11.7. The fourth-order valence-corrected chi connectivity index (χ4v) is 2.29. The van der Waals surface area contributed by atoms with Gasteiger partial charge in [-0.3, -0.25) is 0 Å². The Morgan fingerprint density at radius 1 is 1.04 bits per heavy atom. The van der Waals surface area contributed by atoms with Gasteiger partial charge in [-0.15, -0.1) is 0 Å². The van der Waals surface area contributed by atoms with Crippen LogP contribution in [0.25, 0.3) is 0 Å². The highest BCUT2D eigenvalue weighted by atomic mass is 16.6. The first kappa shape index (κ1) is 22.2. The van der Waals surface area contributed by atoms with Crippen molar-refractivity contribution in [3.63, 3.8) is 0 Å². The summed E-state index contributed by atoms with van der Waals surface area (Å²) in [6, 6.07) is 0. The number of nitrogens with one attached hydrogen (secondary N) is 2.